The van der Waals surface area contributed by atoms with Crippen LogP contribution in [0.15, 0.2) is 12.4 Å². The van der Waals surface area contributed by atoms with E-state index in [0.717, 1.165) is 61.0 Å². The van der Waals surface area contributed by atoms with Crippen LogP contribution >= 0.6 is 0 Å². The highest BCUT2D eigenvalue weighted by Crippen LogP contribution is 2.19. The Morgan fingerprint density at radius 3 is 2.62 bits per heavy atom. The van der Waals surface area contributed by atoms with Crippen molar-refractivity contribution in [2.45, 2.75) is 46.5 Å². The predicted octanol–water partition coefficient (Wildman–Crippen LogP) is 2.88. The summed E-state index contributed by atoms with van der Waals surface area (Å²) < 4.78 is 2.04. The molecular weight excluding hydrogens is 262 g/mol. The molecule has 5 nitrogen and oxygen atoms in total. The van der Waals surface area contributed by atoms with Crippen molar-refractivity contribution >= 4 is 5.82 Å². The summed E-state index contributed by atoms with van der Waals surface area (Å²) in [5.41, 5.74) is 2.20. The Balaban J connectivity index is 2.33. The van der Waals surface area contributed by atoms with E-state index in [1.807, 2.05) is 24.0 Å². The molecular formula is C16H25N5. The molecule has 0 aromatic carbocycles. The molecule has 0 unspecified atom stereocenters. The summed E-state index contributed by atoms with van der Waals surface area (Å²) in [4.78, 5) is 13.8. The molecule has 0 saturated carbocycles. The molecule has 0 aliphatic carbocycles. The van der Waals surface area contributed by atoms with E-state index >= 15 is 0 Å². The first-order valence-electron chi connectivity index (χ1n) is 7.72. The molecule has 1 N–H and O–H groups in total. The van der Waals surface area contributed by atoms with Crippen LogP contribution in [0.3, 0.4) is 0 Å². The van der Waals surface area contributed by atoms with Crippen molar-refractivity contribution in [3.63, 3.8) is 0 Å². The summed E-state index contributed by atoms with van der Waals surface area (Å²) in [5.74, 6) is 2.92. The number of aryl methyl sites for hydroxylation is 2. The van der Waals surface area contributed by atoms with Crippen molar-refractivity contribution in [2.24, 2.45) is 7.05 Å². The van der Waals surface area contributed by atoms with E-state index in [0.29, 0.717) is 0 Å². The van der Waals surface area contributed by atoms with Crippen molar-refractivity contribution in [2.75, 3.05) is 11.9 Å². The van der Waals surface area contributed by atoms with Gasteiger partial charge in [-0.15, -0.1) is 0 Å². The van der Waals surface area contributed by atoms with Gasteiger partial charge in [0.05, 0.1) is 5.69 Å². The number of anilines is 1. The number of hydrogen-bond donors (Lipinski definition) is 1. The minimum atomic E-state index is 0.745. The van der Waals surface area contributed by atoms with Crippen LogP contribution in [-0.2, 0) is 19.9 Å². The third kappa shape index (κ3) is 3.80. The van der Waals surface area contributed by atoms with Crippen LogP contribution in [0.1, 0.15) is 49.6 Å². The first kappa shape index (κ1) is 15.5. The average molecular weight is 287 g/mol. The van der Waals surface area contributed by atoms with Crippen molar-refractivity contribution < 1.29 is 0 Å². The van der Waals surface area contributed by atoms with Gasteiger partial charge in [0.15, 0.2) is 0 Å². The van der Waals surface area contributed by atoms with E-state index in [1.165, 1.54) is 0 Å². The topological polar surface area (TPSA) is 55.6 Å². The van der Waals surface area contributed by atoms with Gasteiger partial charge < -0.3 is 9.88 Å². The molecule has 0 aliphatic heterocycles. The summed E-state index contributed by atoms with van der Waals surface area (Å²) >= 11 is 0. The maximum atomic E-state index is 4.74. The lowest BCUT2D eigenvalue weighted by Gasteiger charge is -2.13. The lowest BCUT2D eigenvalue weighted by Crippen LogP contribution is -2.12. The van der Waals surface area contributed by atoms with Crippen molar-refractivity contribution in [3.05, 3.63) is 35.3 Å². The predicted molar refractivity (Wildman–Crippen MR) is 85.6 cm³/mol. The molecule has 5 heteroatoms. The molecule has 0 saturated heterocycles. The molecule has 114 valence electrons. The third-order valence-electron chi connectivity index (χ3n) is 3.56. The molecule has 0 bridgehead atoms. The second kappa shape index (κ2) is 7.20. The summed E-state index contributed by atoms with van der Waals surface area (Å²) in [7, 11) is 2.02. The van der Waals surface area contributed by atoms with Gasteiger partial charge in [0.25, 0.3) is 0 Å². The zero-order chi connectivity index (χ0) is 15.2. The Hall–Kier alpha value is -1.91. The first-order chi connectivity index (χ1) is 10.2. The number of aromatic nitrogens is 4. The normalized spacial score (nSPS) is 10.9. The summed E-state index contributed by atoms with van der Waals surface area (Å²) in [6.07, 6.45) is 7.59. The fourth-order valence-electron chi connectivity index (χ4n) is 2.25. The fourth-order valence-corrected chi connectivity index (χ4v) is 2.25. The standard InChI is InChI=1S/C16H25N5/c1-5-7-14-19-13(11-15-17-9-10-21(15)4)12(3)16(20-14)18-8-6-2/h9-10H,5-8,11H2,1-4H3,(H,18,19,20). The second-order valence-electron chi connectivity index (χ2n) is 5.37. The molecule has 2 aromatic rings. The van der Waals surface area contributed by atoms with Gasteiger partial charge in [0.2, 0.25) is 0 Å². The third-order valence-corrected chi connectivity index (χ3v) is 3.56. The van der Waals surface area contributed by atoms with Gasteiger partial charge in [-0.2, -0.15) is 0 Å². The van der Waals surface area contributed by atoms with Crippen LogP contribution in [0.2, 0.25) is 0 Å². The van der Waals surface area contributed by atoms with Crippen LogP contribution in [0.25, 0.3) is 0 Å². The summed E-state index contributed by atoms with van der Waals surface area (Å²) in [5, 5.41) is 3.42. The Kier molecular flexibility index (Phi) is 5.31. The van der Waals surface area contributed by atoms with E-state index in [4.69, 9.17) is 4.98 Å². The SMILES string of the molecule is CCCNc1nc(CCC)nc(Cc2nccn2C)c1C. The van der Waals surface area contributed by atoms with Crippen LogP contribution in [0, 0.1) is 6.92 Å². The van der Waals surface area contributed by atoms with Crippen LogP contribution in [0.4, 0.5) is 5.82 Å². The van der Waals surface area contributed by atoms with Gasteiger partial charge in [0.1, 0.15) is 17.5 Å². The Morgan fingerprint density at radius 1 is 1.19 bits per heavy atom. The van der Waals surface area contributed by atoms with Crippen molar-refractivity contribution in [1.82, 2.24) is 19.5 Å². The van der Waals surface area contributed by atoms with E-state index in [2.05, 4.69) is 36.1 Å². The van der Waals surface area contributed by atoms with Gasteiger partial charge in [0, 0.05) is 44.4 Å². The van der Waals surface area contributed by atoms with Crippen molar-refractivity contribution in [1.29, 1.82) is 0 Å². The Morgan fingerprint density at radius 2 is 2.00 bits per heavy atom. The summed E-state index contributed by atoms with van der Waals surface area (Å²) in [6.45, 7) is 7.34. The van der Waals surface area contributed by atoms with Gasteiger partial charge >= 0.3 is 0 Å². The lowest BCUT2D eigenvalue weighted by atomic mass is 10.1. The van der Waals surface area contributed by atoms with E-state index in [-0.39, 0.29) is 0 Å². The molecule has 0 amide bonds. The van der Waals surface area contributed by atoms with Gasteiger partial charge in [-0.1, -0.05) is 13.8 Å². The minimum Gasteiger partial charge on any atom is -0.370 e. The lowest BCUT2D eigenvalue weighted by molar-refractivity contribution is 0.776. The van der Waals surface area contributed by atoms with Crippen LogP contribution < -0.4 is 5.32 Å². The molecule has 0 spiro atoms. The minimum absolute atomic E-state index is 0.745. The Bertz CT molecular complexity index is 588. The molecule has 0 radical (unpaired) electrons. The molecule has 0 aliphatic rings. The maximum absolute atomic E-state index is 4.74. The highest BCUT2D eigenvalue weighted by Gasteiger charge is 2.12. The van der Waals surface area contributed by atoms with Crippen molar-refractivity contribution in [3.8, 4) is 0 Å². The first-order valence-corrected chi connectivity index (χ1v) is 7.72. The number of nitrogens with zero attached hydrogens (tertiary/aromatic N) is 4. The highest BCUT2D eigenvalue weighted by molar-refractivity contribution is 5.46. The highest BCUT2D eigenvalue weighted by atomic mass is 15.1. The smallest absolute Gasteiger partial charge is 0.132 e. The van der Waals surface area contributed by atoms with Crippen LogP contribution in [0.5, 0.6) is 0 Å². The fraction of sp³-hybridized carbons (Fsp3) is 0.562. The average Bonchev–Trinajstić information content (AvgIpc) is 2.86. The zero-order valence-corrected chi connectivity index (χ0v) is 13.5. The molecule has 0 atom stereocenters. The number of hydrogen-bond acceptors (Lipinski definition) is 4. The van der Waals surface area contributed by atoms with Gasteiger partial charge in [-0.05, 0) is 19.8 Å². The monoisotopic (exact) mass is 287 g/mol. The van der Waals surface area contributed by atoms with E-state index in [1.54, 1.807) is 0 Å². The quantitative estimate of drug-likeness (QED) is 0.850. The molecule has 21 heavy (non-hydrogen) atoms. The molecule has 2 aromatic heterocycles. The van der Waals surface area contributed by atoms with E-state index < -0.39 is 0 Å². The van der Waals surface area contributed by atoms with Crippen LogP contribution in [-0.4, -0.2) is 26.1 Å². The second-order valence-corrected chi connectivity index (χ2v) is 5.37. The molecule has 2 rings (SSSR count). The maximum Gasteiger partial charge on any atom is 0.132 e. The number of nitrogens with one attached hydrogen (secondary N) is 1. The molecule has 2 heterocycles. The number of imidazole rings is 1. The van der Waals surface area contributed by atoms with Gasteiger partial charge in [-0.3, -0.25) is 0 Å². The number of rotatable bonds is 7. The largest absolute Gasteiger partial charge is 0.370 e. The summed E-state index contributed by atoms with van der Waals surface area (Å²) in [6, 6.07) is 0. The molecule has 0 fully saturated rings. The van der Waals surface area contributed by atoms with E-state index in [9.17, 15) is 0 Å². The van der Waals surface area contributed by atoms with Gasteiger partial charge in [-0.25, -0.2) is 15.0 Å². The zero-order valence-electron chi connectivity index (χ0n) is 13.5. The Labute approximate surface area is 126 Å².